The smallest absolute Gasteiger partial charge is 0.398 e. The summed E-state index contributed by atoms with van der Waals surface area (Å²) in [5.74, 6) is 0. The van der Waals surface area contributed by atoms with E-state index in [1.165, 1.54) is 6.07 Å². The molecule has 0 aromatic heterocycles. The van der Waals surface area contributed by atoms with Crippen LogP contribution in [-0.2, 0) is 6.18 Å². The largest absolute Gasteiger partial charge is 0.416 e. The number of hydrogen-bond donors (Lipinski definition) is 4. The number of benzene rings is 1. The van der Waals surface area contributed by atoms with Crippen molar-refractivity contribution in [3.63, 3.8) is 0 Å². The molecule has 0 aliphatic rings. The Morgan fingerprint density at radius 3 is 2.33 bits per heavy atom. The molecule has 102 valence electrons. The first kappa shape index (κ1) is 14.7. The number of alkyl halides is 3. The van der Waals surface area contributed by atoms with E-state index < -0.39 is 36.1 Å². The maximum absolute atomic E-state index is 12.7. The number of aliphatic hydroxyl groups is 3. The molecule has 4 nitrogen and oxygen atoms in total. The van der Waals surface area contributed by atoms with Crippen LogP contribution in [0.2, 0.25) is 0 Å². The normalized spacial score (nSPS) is 15.4. The van der Waals surface area contributed by atoms with Crippen molar-refractivity contribution in [3.05, 3.63) is 29.3 Å². The Kier molecular flexibility index (Phi) is 4.55. The molecule has 7 heteroatoms. The molecule has 0 saturated carbocycles. The van der Waals surface area contributed by atoms with Gasteiger partial charge in [-0.15, -0.1) is 0 Å². The molecule has 0 aliphatic carbocycles. The van der Waals surface area contributed by atoms with Crippen LogP contribution in [0.25, 0.3) is 0 Å². The van der Waals surface area contributed by atoms with Gasteiger partial charge in [0.05, 0.1) is 11.7 Å². The summed E-state index contributed by atoms with van der Waals surface area (Å²) in [6.45, 7) is -0.452. The minimum absolute atomic E-state index is 0.243. The second-order valence-electron chi connectivity index (χ2n) is 3.83. The van der Waals surface area contributed by atoms with Crippen LogP contribution in [0.3, 0.4) is 0 Å². The highest BCUT2D eigenvalue weighted by molar-refractivity contribution is 5.53. The quantitative estimate of drug-likeness (QED) is 0.613. The van der Waals surface area contributed by atoms with Gasteiger partial charge in [0.2, 0.25) is 0 Å². The molecule has 2 atom stereocenters. The predicted octanol–water partition coefficient (Wildman–Crippen LogP) is 1.06. The summed E-state index contributed by atoms with van der Waals surface area (Å²) in [7, 11) is 0. The van der Waals surface area contributed by atoms with Crippen LogP contribution in [0.4, 0.5) is 18.9 Å². The zero-order valence-electron chi connectivity index (χ0n) is 9.35. The van der Waals surface area contributed by atoms with E-state index in [1.807, 2.05) is 0 Å². The lowest BCUT2D eigenvalue weighted by molar-refractivity contribution is -0.139. The first-order valence-corrected chi connectivity index (χ1v) is 5.21. The van der Waals surface area contributed by atoms with E-state index in [-0.39, 0.29) is 12.1 Å². The molecule has 0 fully saturated rings. The molecule has 0 amide bonds. The van der Waals surface area contributed by atoms with Gasteiger partial charge in [-0.3, -0.25) is 0 Å². The number of hydrogen-bond acceptors (Lipinski definition) is 4. The summed E-state index contributed by atoms with van der Waals surface area (Å²) >= 11 is 0. The van der Waals surface area contributed by atoms with Gasteiger partial charge in [-0.2, -0.15) is 13.2 Å². The second-order valence-corrected chi connectivity index (χ2v) is 3.83. The molecular weight excluding hydrogens is 251 g/mol. The average Bonchev–Trinajstić information content (AvgIpc) is 2.27. The van der Waals surface area contributed by atoms with Crippen molar-refractivity contribution in [1.29, 1.82) is 0 Å². The zero-order chi connectivity index (χ0) is 13.9. The molecule has 0 bridgehead atoms. The first-order chi connectivity index (χ1) is 8.29. The van der Waals surface area contributed by atoms with E-state index >= 15 is 0 Å². The Balaban J connectivity index is 3.22. The third-order valence-corrected chi connectivity index (χ3v) is 2.53. The van der Waals surface area contributed by atoms with Gasteiger partial charge in [0.1, 0.15) is 6.10 Å². The van der Waals surface area contributed by atoms with Crippen molar-refractivity contribution in [2.24, 2.45) is 0 Å². The van der Waals surface area contributed by atoms with E-state index in [4.69, 9.17) is 10.8 Å². The molecule has 1 rings (SSSR count). The number of rotatable bonds is 4. The van der Waals surface area contributed by atoms with Crippen LogP contribution < -0.4 is 5.73 Å². The summed E-state index contributed by atoms with van der Waals surface area (Å²) in [5.41, 5.74) is 3.51. The van der Waals surface area contributed by atoms with Crippen molar-refractivity contribution in [2.45, 2.75) is 24.8 Å². The van der Waals surface area contributed by atoms with E-state index in [0.717, 1.165) is 12.1 Å². The van der Waals surface area contributed by atoms with Crippen LogP contribution in [0.1, 0.15) is 23.7 Å². The fourth-order valence-electron chi connectivity index (χ4n) is 1.64. The van der Waals surface area contributed by atoms with Crippen LogP contribution in [0, 0.1) is 0 Å². The van der Waals surface area contributed by atoms with Gasteiger partial charge in [-0.25, -0.2) is 0 Å². The average molecular weight is 265 g/mol. The van der Waals surface area contributed by atoms with Crippen molar-refractivity contribution >= 4 is 5.69 Å². The molecule has 1 aromatic carbocycles. The Morgan fingerprint density at radius 1 is 1.22 bits per heavy atom. The van der Waals surface area contributed by atoms with E-state index in [0.29, 0.717) is 0 Å². The van der Waals surface area contributed by atoms with E-state index in [2.05, 4.69) is 0 Å². The van der Waals surface area contributed by atoms with E-state index in [9.17, 15) is 23.4 Å². The highest BCUT2D eigenvalue weighted by Crippen LogP contribution is 2.38. The molecule has 5 N–H and O–H groups in total. The van der Waals surface area contributed by atoms with Gasteiger partial charge >= 0.3 is 6.18 Å². The lowest BCUT2D eigenvalue weighted by atomic mass is 9.95. The minimum atomic E-state index is -4.68. The molecule has 0 spiro atoms. The number of anilines is 1. The molecular formula is C11H14F3NO3. The van der Waals surface area contributed by atoms with E-state index in [1.54, 1.807) is 0 Å². The molecule has 0 radical (unpaired) electrons. The first-order valence-electron chi connectivity index (χ1n) is 5.21. The monoisotopic (exact) mass is 265 g/mol. The standard InChI is InChI=1S/C11H14F3NO3/c12-11(13,14)6-2-1-3-7(15)9(6)10(18)8(17)4-5-16/h1-3,8,10,16-18H,4-5,15H2. The SMILES string of the molecule is Nc1cccc(C(F)(F)F)c1C(O)C(O)CCO. The van der Waals surface area contributed by atoms with Gasteiger partial charge < -0.3 is 21.1 Å². The number of nitrogen functional groups attached to an aromatic ring is 1. The fourth-order valence-corrected chi connectivity index (χ4v) is 1.64. The molecule has 0 aliphatic heterocycles. The van der Waals surface area contributed by atoms with Crippen molar-refractivity contribution in [2.75, 3.05) is 12.3 Å². The summed E-state index contributed by atoms with van der Waals surface area (Å²) in [6, 6.07) is 3.10. The summed E-state index contributed by atoms with van der Waals surface area (Å²) < 4.78 is 38.2. The van der Waals surface area contributed by atoms with Gasteiger partial charge in [0, 0.05) is 17.9 Å². The molecule has 0 heterocycles. The number of halogens is 3. The van der Waals surface area contributed by atoms with Gasteiger partial charge in [0.15, 0.2) is 0 Å². The summed E-state index contributed by atoms with van der Waals surface area (Å²) in [6.07, 6.45) is -8.23. The van der Waals surface area contributed by atoms with Crippen LogP contribution in [-0.4, -0.2) is 28.0 Å². The summed E-state index contributed by atoms with van der Waals surface area (Å²) in [5, 5.41) is 27.8. The van der Waals surface area contributed by atoms with Crippen LogP contribution in [0.5, 0.6) is 0 Å². The van der Waals surface area contributed by atoms with Gasteiger partial charge in [0.25, 0.3) is 0 Å². The Morgan fingerprint density at radius 2 is 1.83 bits per heavy atom. The van der Waals surface area contributed by atoms with Crippen LogP contribution in [0.15, 0.2) is 18.2 Å². The third kappa shape index (κ3) is 3.12. The van der Waals surface area contributed by atoms with Gasteiger partial charge in [-0.05, 0) is 18.6 Å². The van der Waals surface area contributed by atoms with Crippen molar-refractivity contribution < 1.29 is 28.5 Å². The summed E-state index contributed by atoms with van der Waals surface area (Å²) in [4.78, 5) is 0. The van der Waals surface area contributed by atoms with Crippen molar-refractivity contribution in [1.82, 2.24) is 0 Å². The fraction of sp³-hybridized carbons (Fsp3) is 0.455. The maximum Gasteiger partial charge on any atom is 0.416 e. The second kappa shape index (κ2) is 5.55. The minimum Gasteiger partial charge on any atom is -0.398 e. The highest BCUT2D eigenvalue weighted by atomic mass is 19.4. The predicted molar refractivity (Wildman–Crippen MR) is 58.5 cm³/mol. The Labute approximate surface area is 101 Å². The highest BCUT2D eigenvalue weighted by Gasteiger charge is 2.37. The maximum atomic E-state index is 12.7. The number of aliphatic hydroxyl groups excluding tert-OH is 3. The molecule has 2 unspecified atom stereocenters. The molecule has 18 heavy (non-hydrogen) atoms. The molecule has 1 aromatic rings. The van der Waals surface area contributed by atoms with Crippen molar-refractivity contribution in [3.8, 4) is 0 Å². The topological polar surface area (TPSA) is 86.7 Å². The lowest BCUT2D eigenvalue weighted by Gasteiger charge is -2.22. The van der Waals surface area contributed by atoms with Crippen LogP contribution >= 0.6 is 0 Å². The third-order valence-electron chi connectivity index (χ3n) is 2.53. The Hall–Kier alpha value is -1.31. The Bertz CT molecular complexity index is 409. The zero-order valence-corrected chi connectivity index (χ0v) is 9.35. The molecule has 0 saturated heterocycles. The lowest BCUT2D eigenvalue weighted by Crippen LogP contribution is -2.24. The van der Waals surface area contributed by atoms with Gasteiger partial charge in [-0.1, -0.05) is 6.07 Å². The number of nitrogens with two attached hydrogens (primary N) is 1.